The Hall–Kier alpha value is -2.09. The number of nitrogens with zero attached hydrogens (tertiary/aromatic N) is 3. The van der Waals surface area contributed by atoms with Crippen LogP contribution in [-0.2, 0) is 0 Å². The average Bonchev–Trinajstić information content (AvgIpc) is 3.02. The highest BCUT2D eigenvalue weighted by Gasteiger charge is 2.24. The minimum absolute atomic E-state index is 0.359. The van der Waals surface area contributed by atoms with E-state index < -0.39 is 0 Å². The van der Waals surface area contributed by atoms with Gasteiger partial charge in [0.1, 0.15) is 5.82 Å². The number of hydrogen-bond donors (Lipinski definition) is 3. The van der Waals surface area contributed by atoms with Crippen molar-refractivity contribution >= 4 is 22.8 Å². The smallest absolute Gasteiger partial charge is 0.227 e. The first-order chi connectivity index (χ1) is 12.1. The van der Waals surface area contributed by atoms with E-state index >= 15 is 0 Å². The summed E-state index contributed by atoms with van der Waals surface area (Å²) in [4.78, 5) is 13.8. The van der Waals surface area contributed by atoms with Gasteiger partial charge in [0, 0.05) is 25.3 Å². The van der Waals surface area contributed by atoms with Crippen LogP contribution in [0.15, 0.2) is 6.07 Å². The third-order valence-corrected chi connectivity index (χ3v) is 4.06. The molecule has 8 heteroatoms. The predicted octanol–water partition coefficient (Wildman–Crippen LogP) is 2.87. The van der Waals surface area contributed by atoms with Gasteiger partial charge >= 0.3 is 0 Å². The van der Waals surface area contributed by atoms with E-state index in [1.165, 1.54) is 0 Å². The van der Waals surface area contributed by atoms with Crippen LogP contribution in [0.5, 0.6) is 0 Å². The van der Waals surface area contributed by atoms with E-state index in [9.17, 15) is 8.78 Å². The molecule has 0 bridgehead atoms. The third kappa shape index (κ3) is 4.94. The number of aromatic nitrogens is 3. The summed E-state index contributed by atoms with van der Waals surface area (Å²) in [5, 5.41) is 11.0. The first kappa shape index (κ1) is 21.0. The lowest BCUT2D eigenvalue weighted by atomic mass is 10.1. The fourth-order valence-electron chi connectivity index (χ4n) is 2.89. The lowest BCUT2D eigenvalue weighted by Crippen LogP contribution is -2.28. The van der Waals surface area contributed by atoms with Gasteiger partial charge in [-0.2, -0.15) is 9.97 Å². The summed E-state index contributed by atoms with van der Waals surface area (Å²) in [5.74, 6) is 2.03. The topological polar surface area (TPSA) is 74.8 Å². The molecule has 0 saturated carbocycles. The van der Waals surface area contributed by atoms with E-state index in [1.807, 2.05) is 14.0 Å². The fraction of sp³-hybridized carbons (Fsp3) is 0.588. The van der Waals surface area contributed by atoms with Gasteiger partial charge in [-0.1, -0.05) is 6.92 Å². The van der Waals surface area contributed by atoms with Crippen molar-refractivity contribution in [1.82, 2.24) is 20.3 Å². The van der Waals surface area contributed by atoms with Crippen molar-refractivity contribution in [2.24, 2.45) is 5.92 Å². The van der Waals surface area contributed by atoms with E-state index in [4.69, 9.17) is 0 Å². The molecule has 1 saturated heterocycles. The molecule has 140 valence electrons. The monoisotopic (exact) mass is 354 g/mol. The maximum absolute atomic E-state index is 9.50. The molecule has 2 aromatic heterocycles. The standard InChI is InChI=1S/C15H22N6.2CH3F/c1-8-5-10(3)18-14-12(8)13(16-4)20-15(21-14)19-11-7-17-6-9(11)2;2*1-2/h5,9,11,17H,6-7H2,1-4H3,(H2,16,18,19,20,21);2*1H3. The maximum Gasteiger partial charge on any atom is 0.227 e. The van der Waals surface area contributed by atoms with Crippen LogP contribution in [0.1, 0.15) is 18.2 Å². The van der Waals surface area contributed by atoms with Crippen molar-refractivity contribution in [2.45, 2.75) is 26.8 Å². The average molecular weight is 354 g/mol. The molecule has 1 fully saturated rings. The molecule has 0 spiro atoms. The van der Waals surface area contributed by atoms with Crippen molar-refractivity contribution in [2.75, 3.05) is 45.1 Å². The Labute approximate surface area is 147 Å². The zero-order chi connectivity index (χ0) is 19.0. The predicted molar refractivity (Wildman–Crippen MR) is 99.9 cm³/mol. The number of fused-ring (bicyclic) bond motifs is 1. The Bertz CT molecular complexity index is 680. The minimum Gasteiger partial charge on any atom is -0.372 e. The highest BCUT2D eigenvalue weighted by molar-refractivity contribution is 5.90. The van der Waals surface area contributed by atoms with Gasteiger partial charge in [-0.3, -0.25) is 8.78 Å². The zero-order valence-corrected chi connectivity index (χ0v) is 15.7. The molecule has 25 heavy (non-hydrogen) atoms. The molecule has 3 heterocycles. The molecule has 2 atom stereocenters. The molecule has 0 aromatic carbocycles. The molecular formula is C17H28F2N6. The van der Waals surface area contributed by atoms with Crippen molar-refractivity contribution in [3.8, 4) is 0 Å². The molecule has 2 aromatic rings. The summed E-state index contributed by atoms with van der Waals surface area (Å²) in [6, 6.07) is 2.42. The number of aryl methyl sites for hydroxylation is 2. The van der Waals surface area contributed by atoms with Crippen molar-refractivity contribution in [3.05, 3.63) is 17.3 Å². The molecule has 1 aliphatic heterocycles. The maximum atomic E-state index is 9.50. The highest BCUT2D eigenvalue weighted by atomic mass is 19.1. The van der Waals surface area contributed by atoms with Gasteiger partial charge < -0.3 is 16.0 Å². The SMILES string of the molecule is CF.CF.CNc1nc(NC2CNCC2C)nc2nc(C)cc(C)c12. The molecule has 0 radical (unpaired) electrons. The second kappa shape index (κ2) is 10.0. The van der Waals surface area contributed by atoms with Crippen LogP contribution in [0.3, 0.4) is 0 Å². The first-order valence-corrected chi connectivity index (χ1v) is 8.15. The zero-order valence-electron chi connectivity index (χ0n) is 15.7. The van der Waals surface area contributed by atoms with Gasteiger partial charge in [0.05, 0.1) is 19.7 Å². The van der Waals surface area contributed by atoms with E-state index in [-0.39, 0.29) is 0 Å². The number of anilines is 2. The second-order valence-corrected chi connectivity index (χ2v) is 5.81. The van der Waals surface area contributed by atoms with Crippen molar-refractivity contribution in [1.29, 1.82) is 0 Å². The van der Waals surface area contributed by atoms with Crippen LogP contribution in [-0.4, -0.2) is 55.5 Å². The van der Waals surface area contributed by atoms with Gasteiger partial charge in [-0.25, -0.2) is 4.98 Å². The summed E-state index contributed by atoms with van der Waals surface area (Å²) in [6.45, 7) is 8.25. The largest absolute Gasteiger partial charge is 0.372 e. The Kier molecular flexibility index (Phi) is 8.40. The van der Waals surface area contributed by atoms with Crippen LogP contribution in [0.25, 0.3) is 11.0 Å². The van der Waals surface area contributed by atoms with E-state index in [0.717, 1.165) is 41.2 Å². The van der Waals surface area contributed by atoms with Gasteiger partial charge in [0.25, 0.3) is 0 Å². The van der Waals surface area contributed by atoms with Crippen LogP contribution in [0.2, 0.25) is 0 Å². The lowest BCUT2D eigenvalue weighted by Gasteiger charge is -2.17. The molecule has 1 aliphatic rings. The molecule has 0 amide bonds. The quantitative estimate of drug-likeness (QED) is 0.787. The summed E-state index contributed by atoms with van der Waals surface area (Å²) in [6.07, 6.45) is 0. The number of halogens is 2. The molecule has 3 N–H and O–H groups in total. The van der Waals surface area contributed by atoms with Gasteiger partial charge in [-0.15, -0.1) is 0 Å². The van der Waals surface area contributed by atoms with Gasteiger partial charge in [-0.05, 0) is 37.9 Å². The molecule has 2 unspecified atom stereocenters. The molecular weight excluding hydrogens is 326 g/mol. The number of rotatable bonds is 3. The van der Waals surface area contributed by atoms with Crippen molar-refractivity contribution < 1.29 is 8.78 Å². The van der Waals surface area contributed by atoms with Crippen LogP contribution < -0.4 is 16.0 Å². The molecule has 0 aliphatic carbocycles. The number of hydrogen-bond acceptors (Lipinski definition) is 6. The normalized spacial score (nSPS) is 18.7. The number of alkyl halides is 2. The lowest BCUT2D eigenvalue weighted by molar-refractivity contribution is 0.591. The Morgan fingerprint density at radius 2 is 1.76 bits per heavy atom. The third-order valence-electron chi connectivity index (χ3n) is 4.06. The highest BCUT2D eigenvalue weighted by Crippen LogP contribution is 2.25. The van der Waals surface area contributed by atoms with E-state index in [0.29, 0.717) is 32.3 Å². The summed E-state index contributed by atoms with van der Waals surface area (Å²) in [7, 11) is 2.88. The fourth-order valence-corrected chi connectivity index (χ4v) is 2.89. The summed E-state index contributed by atoms with van der Waals surface area (Å²) >= 11 is 0. The number of pyridine rings is 1. The van der Waals surface area contributed by atoms with Gasteiger partial charge in [0.2, 0.25) is 5.95 Å². The summed E-state index contributed by atoms with van der Waals surface area (Å²) < 4.78 is 19.0. The second-order valence-electron chi connectivity index (χ2n) is 5.81. The first-order valence-electron chi connectivity index (χ1n) is 8.15. The van der Waals surface area contributed by atoms with E-state index in [1.54, 1.807) is 0 Å². The van der Waals surface area contributed by atoms with Crippen molar-refractivity contribution in [3.63, 3.8) is 0 Å². The van der Waals surface area contributed by atoms with E-state index in [2.05, 4.69) is 50.8 Å². The Morgan fingerprint density at radius 3 is 2.32 bits per heavy atom. The van der Waals surface area contributed by atoms with Crippen LogP contribution in [0.4, 0.5) is 20.5 Å². The number of nitrogens with one attached hydrogen (secondary N) is 3. The summed E-state index contributed by atoms with van der Waals surface area (Å²) in [5.41, 5.74) is 2.86. The molecule has 6 nitrogen and oxygen atoms in total. The van der Waals surface area contributed by atoms with Crippen LogP contribution >= 0.6 is 0 Å². The minimum atomic E-state index is 0.359. The Morgan fingerprint density at radius 1 is 1.08 bits per heavy atom. The Balaban J connectivity index is 0.000000730. The van der Waals surface area contributed by atoms with Crippen LogP contribution in [0, 0.1) is 19.8 Å². The molecule has 3 rings (SSSR count). The van der Waals surface area contributed by atoms with Gasteiger partial charge in [0.15, 0.2) is 5.65 Å².